The molecule has 1 heterocycles. The van der Waals surface area contributed by atoms with Crippen molar-refractivity contribution in [3.05, 3.63) is 71.8 Å². The van der Waals surface area contributed by atoms with E-state index >= 15 is 0 Å². The Labute approximate surface area is 154 Å². The van der Waals surface area contributed by atoms with Gasteiger partial charge in [-0.2, -0.15) is 0 Å². The average Bonchev–Trinajstić information content (AvgIpc) is 2.95. The lowest BCUT2D eigenvalue weighted by molar-refractivity contribution is -0.152. The standard InChI is InChI=1S/C20H19NO5/c22-18-12-11-17(19(23)25-13-15-7-3-1-4-8-15)21(18)20(24)26-14-16-9-5-2-6-10-16/h1-10,17H,11-14H2/t17-/m0/s1/i11D,17D/t11-,17+/m1. The molecule has 2 atom stereocenters. The highest BCUT2D eigenvalue weighted by Crippen LogP contribution is 2.22. The Kier molecular flexibility index (Phi) is 4.82. The largest absolute Gasteiger partial charge is 0.459 e. The van der Waals surface area contributed by atoms with Gasteiger partial charge in [0, 0.05) is 7.79 Å². The fraction of sp³-hybridized carbons (Fsp3) is 0.250. The van der Waals surface area contributed by atoms with Crippen LogP contribution in [-0.4, -0.2) is 28.9 Å². The molecule has 0 aliphatic carbocycles. The van der Waals surface area contributed by atoms with Crippen molar-refractivity contribution < 1.29 is 26.6 Å². The zero-order chi connectivity index (χ0) is 20.1. The van der Waals surface area contributed by atoms with Gasteiger partial charge in [0.05, 0.1) is 1.37 Å². The summed E-state index contributed by atoms with van der Waals surface area (Å²) in [6.45, 7) is -0.255. The normalized spacial score (nSPS) is 23.2. The van der Waals surface area contributed by atoms with E-state index in [0.29, 0.717) is 16.0 Å². The predicted molar refractivity (Wildman–Crippen MR) is 92.7 cm³/mol. The highest BCUT2D eigenvalue weighted by atomic mass is 16.6. The van der Waals surface area contributed by atoms with Crippen molar-refractivity contribution in [2.24, 2.45) is 0 Å². The molecular weight excluding hydrogens is 334 g/mol. The summed E-state index contributed by atoms with van der Waals surface area (Å²) in [4.78, 5) is 37.6. The molecule has 0 bridgehead atoms. The fourth-order valence-electron chi connectivity index (χ4n) is 2.46. The third kappa shape index (κ3) is 4.27. The first kappa shape index (κ1) is 15.1. The van der Waals surface area contributed by atoms with Crippen molar-refractivity contribution in [1.29, 1.82) is 0 Å². The summed E-state index contributed by atoms with van der Waals surface area (Å²) >= 11 is 0. The van der Waals surface area contributed by atoms with Crippen LogP contribution in [0.3, 0.4) is 0 Å². The zero-order valence-corrected chi connectivity index (χ0v) is 14.0. The maximum Gasteiger partial charge on any atom is 0.417 e. The van der Waals surface area contributed by atoms with Crippen LogP contribution < -0.4 is 0 Å². The molecule has 2 amide bonds. The molecular formula is C20H19NO5. The Hall–Kier alpha value is -3.15. The molecule has 0 spiro atoms. The summed E-state index contributed by atoms with van der Waals surface area (Å²) in [6, 6.07) is 15.1. The van der Waals surface area contributed by atoms with Crippen LogP contribution in [0.1, 0.15) is 26.7 Å². The van der Waals surface area contributed by atoms with Crippen LogP contribution in [-0.2, 0) is 32.3 Å². The summed E-state index contributed by atoms with van der Waals surface area (Å²) in [6.07, 6.45) is -3.05. The summed E-state index contributed by atoms with van der Waals surface area (Å²) < 4.78 is 26.6. The van der Waals surface area contributed by atoms with Crippen molar-refractivity contribution in [3.63, 3.8) is 0 Å². The highest BCUT2D eigenvalue weighted by molar-refractivity contribution is 5.99. The highest BCUT2D eigenvalue weighted by Gasteiger charge is 2.42. The predicted octanol–water partition coefficient (Wildman–Crippen LogP) is 3.06. The number of hydrogen-bond acceptors (Lipinski definition) is 5. The monoisotopic (exact) mass is 355 g/mol. The summed E-state index contributed by atoms with van der Waals surface area (Å²) in [5.41, 5.74) is 1.37. The third-order valence-corrected chi connectivity index (χ3v) is 3.77. The van der Waals surface area contributed by atoms with Crippen LogP contribution in [0.5, 0.6) is 0 Å². The van der Waals surface area contributed by atoms with Crippen LogP contribution in [0, 0.1) is 0 Å². The Morgan fingerprint density at radius 3 is 2.12 bits per heavy atom. The maximum atomic E-state index is 12.6. The molecule has 6 heteroatoms. The van der Waals surface area contributed by atoms with E-state index in [0.717, 1.165) is 0 Å². The van der Waals surface area contributed by atoms with Crippen molar-refractivity contribution in [1.82, 2.24) is 4.90 Å². The van der Waals surface area contributed by atoms with E-state index in [-0.39, 0.29) is 13.2 Å². The van der Waals surface area contributed by atoms with Crippen LogP contribution >= 0.6 is 0 Å². The maximum absolute atomic E-state index is 12.6. The van der Waals surface area contributed by atoms with Crippen molar-refractivity contribution in [2.45, 2.75) is 32.0 Å². The number of imide groups is 1. The molecule has 0 saturated carbocycles. The lowest BCUT2D eigenvalue weighted by atomic mass is 10.2. The van der Waals surface area contributed by atoms with Gasteiger partial charge in [-0.05, 0) is 17.5 Å². The van der Waals surface area contributed by atoms with Crippen molar-refractivity contribution in [3.8, 4) is 0 Å². The van der Waals surface area contributed by atoms with Crippen LogP contribution in [0.4, 0.5) is 4.79 Å². The van der Waals surface area contributed by atoms with E-state index in [4.69, 9.17) is 12.2 Å². The Bertz CT molecular complexity index is 861. The Balaban J connectivity index is 1.71. The smallest absolute Gasteiger partial charge is 0.417 e. The molecule has 1 aliphatic heterocycles. The van der Waals surface area contributed by atoms with Crippen LogP contribution in [0.2, 0.25) is 0 Å². The van der Waals surface area contributed by atoms with E-state index in [1.807, 2.05) is 0 Å². The molecule has 2 aromatic rings. The van der Waals surface area contributed by atoms with Gasteiger partial charge in [-0.3, -0.25) is 4.79 Å². The summed E-state index contributed by atoms with van der Waals surface area (Å²) in [5, 5.41) is 0. The first-order valence-electron chi connectivity index (χ1n) is 9.18. The fourth-order valence-corrected chi connectivity index (χ4v) is 2.46. The number of carbonyl (C=O) groups excluding carboxylic acids is 3. The van der Waals surface area contributed by atoms with E-state index < -0.39 is 36.8 Å². The second-order valence-corrected chi connectivity index (χ2v) is 5.62. The quantitative estimate of drug-likeness (QED) is 0.771. The molecule has 1 saturated heterocycles. The topological polar surface area (TPSA) is 72.9 Å². The number of nitrogens with zero attached hydrogens (tertiary/aromatic N) is 1. The van der Waals surface area contributed by atoms with E-state index in [1.165, 1.54) is 0 Å². The van der Waals surface area contributed by atoms with Crippen molar-refractivity contribution in [2.75, 3.05) is 0 Å². The van der Waals surface area contributed by atoms with E-state index in [1.54, 1.807) is 60.7 Å². The molecule has 1 fully saturated rings. The second kappa shape index (κ2) is 8.29. The zero-order valence-electron chi connectivity index (χ0n) is 16.0. The molecule has 2 aromatic carbocycles. The van der Waals surface area contributed by atoms with Gasteiger partial charge in [-0.25, -0.2) is 14.5 Å². The number of esters is 1. The van der Waals surface area contributed by atoms with E-state index in [9.17, 15) is 14.4 Å². The van der Waals surface area contributed by atoms with Gasteiger partial charge in [-0.15, -0.1) is 0 Å². The molecule has 0 unspecified atom stereocenters. The SMILES string of the molecule is [2H][C@@H]1CC(=O)N(C(=O)OCc2ccccc2)[C@]1([2H])C(=O)OCc1ccccc1. The molecule has 3 rings (SSSR count). The first-order valence-corrected chi connectivity index (χ1v) is 8.10. The van der Waals surface area contributed by atoms with Gasteiger partial charge < -0.3 is 9.47 Å². The molecule has 134 valence electrons. The molecule has 26 heavy (non-hydrogen) atoms. The number of hydrogen-bond donors (Lipinski definition) is 0. The minimum absolute atomic E-state index is 0.124. The van der Waals surface area contributed by atoms with Gasteiger partial charge in [0.2, 0.25) is 5.91 Å². The van der Waals surface area contributed by atoms with Gasteiger partial charge >= 0.3 is 12.1 Å². The molecule has 6 nitrogen and oxygen atoms in total. The number of likely N-dealkylation sites (tertiary alicyclic amines) is 1. The molecule has 0 aromatic heterocycles. The number of benzene rings is 2. The lowest BCUT2D eigenvalue weighted by Crippen LogP contribution is -2.43. The Morgan fingerprint density at radius 2 is 1.54 bits per heavy atom. The number of rotatable bonds is 5. The van der Waals surface area contributed by atoms with Gasteiger partial charge in [-0.1, -0.05) is 60.7 Å². The van der Waals surface area contributed by atoms with Crippen LogP contribution in [0.15, 0.2) is 60.7 Å². The van der Waals surface area contributed by atoms with Gasteiger partial charge in [0.25, 0.3) is 0 Å². The van der Waals surface area contributed by atoms with Crippen molar-refractivity contribution >= 4 is 18.0 Å². The number of ether oxygens (including phenoxy) is 2. The third-order valence-electron chi connectivity index (χ3n) is 3.77. The van der Waals surface area contributed by atoms with Gasteiger partial charge in [0.1, 0.15) is 19.2 Å². The summed E-state index contributed by atoms with van der Waals surface area (Å²) in [7, 11) is 0. The molecule has 0 N–H and O–H groups in total. The molecule has 1 aliphatic rings. The lowest BCUT2D eigenvalue weighted by Gasteiger charge is -2.21. The minimum Gasteiger partial charge on any atom is -0.459 e. The average molecular weight is 355 g/mol. The van der Waals surface area contributed by atoms with Crippen LogP contribution in [0.25, 0.3) is 0 Å². The second-order valence-electron chi connectivity index (χ2n) is 5.62. The summed E-state index contributed by atoms with van der Waals surface area (Å²) in [5.74, 6) is -1.96. The Morgan fingerprint density at radius 1 is 1.00 bits per heavy atom. The van der Waals surface area contributed by atoms with E-state index in [2.05, 4.69) is 0 Å². The number of carbonyl (C=O) groups is 3. The molecule has 0 radical (unpaired) electrons. The number of amides is 2. The minimum atomic E-state index is -2.49. The first-order chi connectivity index (χ1) is 13.4. The van der Waals surface area contributed by atoms with Gasteiger partial charge in [0.15, 0.2) is 0 Å².